The van der Waals surface area contributed by atoms with Gasteiger partial charge in [0.25, 0.3) is 0 Å². The number of rotatable bonds is 2. The van der Waals surface area contributed by atoms with Gasteiger partial charge in [-0.2, -0.15) is 0 Å². The van der Waals surface area contributed by atoms with Crippen molar-refractivity contribution in [2.75, 3.05) is 0 Å². The Hall–Kier alpha value is -1.13. The van der Waals surface area contributed by atoms with Crippen LogP contribution in [0.15, 0.2) is 60.7 Å². The van der Waals surface area contributed by atoms with Crippen LogP contribution in [-0.2, 0) is 5.16 Å². The largest absolute Gasteiger partial charge is 0.126 e. The van der Waals surface area contributed by atoms with Crippen LogP contribution < -0.4 is 0 Å². The first-order valence-corrected chi connectivity index (χ1v) is 8.28. The topological polar surface area (TPSA) is 0 Å². The monoisotopic (exact) mass is 282 g/mol. The van der Waals surface area contributed by atoms with Crippen LogP contribution in [0.2, 0.25) is 0 Å². The Morgan fingerprint density at radius 3 is 2.15 bits per heavy atom. The van der Waals surface area contributed by atoms with Gasteiger partial charge in [-0.3, -0.25) is 0 Å². The van der Waals surface area contributed by atoms with Gasteiger partial charge in [0.15, 0.2) is 0 Å². The van der Waals surface area contributed by atoms with Crippen molar-refractivity contribution >= 4 is 9.24 Å². The highest BCUT2D eigenvalue weighted by Gasteiger charge is 2.37. The molecule has 0 nitrogen and oxygen atoms in total. The van der Waals surface area contributed by atoms with Crippen LogP contribution in [0.1, 0.15) is 49.1 Å². The summed E-state index contributed by atoms with van der Waals surface area (Å²) in [6.45, 7) is 0. The van der Waals surface area contributed by atoms with E-state index in [1.165, 1.54) is 43.2 Å². The molecule has 1 fully saturated rings. The number of benzene rings is 2. The lowest BCUT2D eigenvalue weighted by molar-refractivity contribution is 0.461. The Labute approximate surface area is 124 Å². The molecule has 2 aromatic carbocycles. The molecule has 3 unspecified atom stereocenters. The van der Waals surface area contributed by atoms with Gasteiger partial charge in [-0.1, -0.05) is 79.9 Å². The summed E-state index contributed by atoms with van der Waals surface area (Å²) in [5.74, 6) is 0.610. The molecule has 0 aromatic heterocycles. The van der Waals surface area contributed by atoms with E-state index < -0.39 is 0 Å². The maximum Gasteiger partial charge on any atom is 0.0166 e. The van der Waals surface area contributed by atoms with Gasteiger partial charge in [0.1, 0.15) is 0 Å². The molecule has 2 aromatic rings. The highest BCUT2D eigenvalue weighted by atomic mass is 31.0. The van der Waals surface area contributed by atoms with Crippen LogP contribution >= 0.6 is 9.24 Å². The van der Waals surface area contributed by atoms with Crippen molar-refractivity contribution in [3.05, 3.63) is 71.8 Å². The van der Waals surface area contributed by atoms with Crippen molar-refractivity contribution in [2.24, 2.45) is 0 Å². The fraction of sp³-hybridized carbons (Fsp3) is 0.368. The fourth-order valence-corrected chi connectivity index (χ4v) is 4.37. The van der Waals surface area contributed by atoms with Crippen molar-refractivity contribution in [3.63, 3.8) is 0 Å². The molecule has 0 amide bonds. The van der Waals surface area contributed by atoms with E-state index in [9.17, 15) is 0 Å². The third kappa shape index (κ3) is 2.67. The zero-order chi connectivity index (χ0) is 13.8. The van der Waals surface area contributed by atoms with E-state index in [0.29, 0.717) is 5.92 Å². The minimum Gasteiger partial charge on any atom is -0.126 e. The van der Waals surface area contributed by atoms with E-state index in [-0.39, 0.29) is 5.16 Å². The van der Waals surface area contributed by atoms with Crippen molar-refractivity contribution in [1.82, 2.24) is 0 Å². The summed E-state index contributed by atoms with van der Waals surface area (Å²) in [6.07, 6.45) is 6.61. The molecule has 1 saturated carbocycles. The summed E-state index contributed by atoms with van der Waals surface area (Å²) in [7, 11) is 3.22. The molecular weight excluding hydrogens is 259 g/mol. The first kappa shape index (κ1) is 13.8. The molecule has 3 rings (SSSR count). The quantitative estimate of drug-likeness (QED) is 0.503. The first-order chi connectivity index (χ1) is 9.81. The van der Waals surface area contributed by atoms with Crippen molar-refractivity contribution < 1.29 is 0 Å². The zero-order valence-electron chi connectivity index (χ0n) is 12.0. The number of hydrogen-bond donors (Lipinski definition) is 0. The van der Waals surface area contributed by atoms with E-state index in [0.717, 1.165) is 0 Å². The molecule has 0 aliphatic heterocycles. The smallest absolute Gasteiger partial charge is 0.0166 e. The molecule has 3 atom stereocenters. The van der Waals surface area contributed by atoms with Gasteiger partial charge in [0, 0.05) is 5.16 Å². The molecule has 1 heteroatoms. The highest BCUT2D eigenvalue weighted by molar-refractivity contribution is 7.18. The van der Waals surface area contributed by atoms with Crippen molar-refractivity contribution in [3.8, 4) is 0 Å². The molecule has 20 heavy (non-hydrogen) atoms. The van der Waals surface area contributed by atoms with Gasteiger partial charge < -0.3 is 0 Å². The first-order valence-electron chi connectivity index (χ1n) is 7.70. The lowest BCUT2D eigenvalue weighted by Gasteiger charge is -2.37. The molecule has 0 radical (unpaired) electrons. The molecule has 1 aliphatic carbocycles. The van der Waals surface area contributed by atoms with E-state index in [1.807, 2.05) is 0 Å². The van der Waals surface area contributed by atoms with Crippen LogP contribution in [0, 0.1) is 0 Å². The van der Waals surface area contributed by atoms with Gasteiger partial charge in [0.2, 0.25) is 0 Å². The molecule has 0 spiro atoms. The molecule has 0 saturated heterocycles. The molecule has 0 heterocycles. The maximum atomic E-state index is 3.22. The molecule has 0 bridgehead atoms. The van der Waals surface area contributed by atoms with Crippen molar-refractivity contribution in [2.45, 2.75) is 43.2 Å². The highest BCUT2D eigenvalue weighted by Crippen LogP contribution is 2.52. The third-order valence-electron chi connectivity index (χ3n) is 4.72. The van der Waals surface area contributed by atoms with E-state index >= 15 is 0 Å². The summed E-state index contributed by atoms with van der Waals surface area (Å²) in [5, 5.41) is 0.194. The Kier molecular flexibility index (Phi) is 4.22. The summed E-state index contributed by atoms with van der Waals surface area (Å²) in [5.41, 5.74) is 2.97. The van der Waals surface area contributed by atoms with Crippen LogP contribution in [0.4, 0.5) is 0 Å². The van der Waals surface area contributed by atoms with Gasteiger partial charge in [0.05, 0.1) is 0 Å². The minimum atomic E-state index is 0.194. The average molecular weight is 282 g/mol. The number of hydrogen-bond acceptors (Lipinski definition) is 0. The van der Waals surface area contributed by atoms with Gasteiger partial charge in [-0.05, 0) is 29.9 Å². The van der Waals surface area contributed by atoms with E-state index in [4.69, 9.17) is 0 Å². The Balaban J connectivity index is 2.04. The Bertz CT molecular complexity index is 534. The average Bonchev–Trinajstić information content (AvgIpc) is 2.72. The lowest BCUT2D eigenvalue weighted by Crippen LogP contribution is -2.26. The third-order valence-corrected chi connectivity index (χ3v) is 5.74. The van der Waals surface area contributed by atoms with E-state index in [1.54, 1.807) is 0 Å². The minimum absolute atomic E-state index is 0.194. The van der Waals surface area contributed by atoms with Crippen LogP contribution in [0.5, 0.6) is 0 Å². The van der Waals surface area contributed by atoms with Gasteiger partial charge in [-0.15, -0.1) is 9.24 Å². The summed E-state index contributed by atoms with van der Waals surface area (Å²) in [6, 6.07) is 22.1. The predicted molar refractivity (Wildman–Crippen MR) is 90.1 cm³/mol. The summed E-state index contributed by atoms with van der Waals surface area (Å²) < 4.78 is 0. The van der Waals surface area contributed by atoms with Gasteiger partial charge in [-0.25, -0.2) is 0 Å². The molecule has 104 valence electrons. The van der Waals surface area contributed by atoms with E-state index in [2.05, 4.69) is 69.9 Å². The molecular formula is C19H23P. The second-order valence-electron chi connectivity index (χ2n) is 5.97. The predicted octanol–water partition coefficient (Wildman–Crippen LogP) is 5.50. The van der Waals surface area contributed by atoms with Crippen molar-refractivity contribution in [1.29, 1.82) is 0 Å². The van der Waals surface area contributed by atoms with Crippen LogP contribution in [-0.4, -0.2) is 0 Å². The van der Waals surface area contributed by atoms with Crippen LogP contribution in [0.25, 0.3) is 0 Å². The second kappa shape index (κ2) is 6.10. The Morgan fingerprint density at radius 2 is 1.45 bits per heavy atom. The van der Waals surface area contributed by atoms with Gasteiger partial charge >= 0.3 is 0 Å². The van der Waals surface area contributed by atoms with Crippen LogP contribution in [0.3, 0.4) is 0 Å². The normalized spacial score (nSPS) is 26.9. The Morgan fingerprint density at radius 1 is 0.800 bits per heavy atom. The summed E-state index contributed by atoms with van der Waals surface area (Å²) in [4.78, 5) is 0. The standard InChI is InChI=1S/C19H23P/c20-19(17-12-6-2-7-13-17)15-9-3-8-14-18(19)16-10-4-1-5-11-16/h1-2,4-7,10-13,18H,3,8-9,14-15,20H2. The zero-order valence-corrected chi connectivity index (χ0v) is 13.1. The lowest BCUT2D eigenvalue weighted by atomic mass is 9.77. The maximum absolute atomic E-state index is 3.22. The molecule has 1 aliphatic rings. The summed E-state index contributed by atoms with van der Waals surface area (Å²) >= 11 is 0. The second-order valence-corrected chi connectivity index (χ2v) is 7.00. The fourth-order valence-electron chi connectivity index (χ4n) is 3.62. The molecule has 0 N–H and O–H groups in total. The SMILES string of the molecule is PC1(c2ccccc2)CCCCCC1c1ccccc1.